The van der Waals surface area contributed by atoms with Gasteiger partial charge in [0.2, 0.25) is 0 Å². The lowest BCUT2D eigenvalue weighted by Gasteiger charge is -2.39. The zero-order valence-corrected chi connectivity index (χ0v) is 14.1. The molecule has 3 heterocycles. The van der Waals surface area contributed by atoms with Crippen LogP contribution >= 0.6 is 0 Å². The first-order valence-electron chi connectivity index (χ1n) is 8.47. The monoisotopic (exact) mass is 326 g/mol. The van der Waals surface area contributed by atoms with Crippen molar-refractivity contribution in [3.8, 4) is 0 Å². The number of nitrogens with zero attached hydrogens (tertiary/aromatic N) is 5. The molecule has 0 unspecified atom stereocenters. The van der Waals surface area contributed by atoms with Crippen molar-refractivity contribution in [3.05, 3.63) is 35.3 Å². The van der Waals surface area contributed by atoms with E-state index in [0.29, 0.717) is 24.1 Å². The Kier molecular flexibility index (Phi) is 3.70. The topological polar surface area (TPSA) is 75.9 Å². The minimum Gasteiger partial charge on any atom is -0.354 e. The Bertz CT molecular complexity index is 723. The van der Waals surface area contributed by atoms with E-state index in [1.54, 1.807) is 10.7 Å². The van der Waals surface area contributed by atoms with Crippen molar-refractivity contribution in [2.45, 2.75) is 25.7 Å². The molecule has 126 valence electrons. The van der Waals surface area contributed by atoms with Crippen LogP contribution in [0.2, 0.25) is 0 Å². The molecule has 0 spiro atoms. The van der Waals surface area contributed by atoms with Crippen LogP contribution in [0.1, 0.15) is 40.6 Å². The van der Waals surface area contributed by atoms with Gasteiger partial charge in [0.25, 0.3) is 5.91 Å². The first-order valence-corrected chi connectivity index (χ1v) is 8.47. The number of nitrogens with one attached hydrogen (secondary N) is 1. The Balaban J connectivity index is 1.24. The molecular weight excluding hydrogens is 304 g/mol. The molecule has 1 saturated heterocycles. The number of carbonyl (C=O) groups excluding carboxylic acids is 1. The lowest BCUT2D eigenvalue weighted by atomic mass is 10.00. The molecule has 2 aliphatic rings. The summed E-state index contributed by atoms with van der Waals surface area (Å²) in [7, 11) is 1.84. The second-order valence-electron chi connectivity index (χ2n) is 6.87. The second-order valence-corrected chi connectivity index (χ2v) is 6.87. The molecule has 2 aromatic heterocycles. The van der Waals surface area contributed by atoms with Crippen LogP contribution in [0, 0.1) is 12.8 Å². The maximum absolute atomic E-state index is 12.1. The largest absolute Gasteiger partial charge is 0.354 e. The summed E-state index contributed by atoms with van der Waals surface area (Å²) < 4.78 is 1.71. The van der Waals surface area contributed by atoms with Crippen LogP contribution in [0.5, 0.6) is 0 Å². The molecule has 1 amide bonds. The van der Waals surface area contributed by atoms with Crippen LogP contribution in [0.15, 0.2) is 18.2 Å². The van der Waals surface area contributed by atoms with Crippen molar-refractivity contribution in [2.75, 3.05) is 24.5 Å². The molecule has 1 aliphatic heterocycles. The highest BCUT2D eigenvalue weighted by Crippen LogP contribution is 2.38. The van der Waals surface area contributed by atoms with E-state index in [0.717, 1.165) is 30.3 Å². The molecule has 24 heavy (non-hydrogen) atoms. The van der Waals surface area contributed by atoms with Gasteiger partial charge in [-0.25, -0.2) is 0 Å². The Morgan fingerprint density at radius 2 is 2.08 bits per heavy atom. The summed E-state index contributed by atoms with van der Waals surface area (Å²) in [5.74, 6) is 1.91. The van der Waals surface area contributed by atoms with Gasteiger partial charge in [-0.1, -0.05) is 0 Å². The predicted molar refractivity (Wildman–Crippen MR) is 90.0 cm³/mol. The molecule has 4 rings (SSSR count). The molecule has 1 aliphatic carbocycles. The van der Waals surface area contributed by atoms with E-state index in [2.05, 4.69) is 37.6 Å². The number of amides is 1. The molecule has 1 N–H and O–H groups in total. The number of carbonyl (C=O) groups is 1. The first-order chi connectivity index (χ1) is 11.6. The Morgan fingerprint density at radius 1 is 1.29 bits per heavy atom. The zero-order chi connectivity index (χ0) is 16.7. The second kappa shape index (κ2) is 5.89. The van der Waals surface area contributed by atoms with Gasteiger partial charge in [-0.15, -0.1) is 5.10 Å². The van der Waals surface area contributed by atoms with Gasteiger partial charge in [-0.3, -0.25) is 9.48 Å². The number of rotatable bonds is 5. The number of anilines is 1. The van der Waals surface area contributed by atoms with E-state index in [1.807, 2.05) is 14.0 Å². The molecule has 7 nitrogen and oxygen atoms in total. The summed E-state index contributed by atoms with van der Waals surface area (Å²) in [6.45, 7) is 4.40. The predicted octanol–water partition coefficient (Wildman–Crippen LogP) is 1.26. The number of aryl methyl sites for hydroxylation is 2. The van der Waals surface area contributed by atoms with Crippen molar-refractivity contribution in [1.29, 1.82) is 0 Å². The van der Waals surface area contributed by atoms with Gasteiger partial charge in [0.15, 0.2) is 5.82 Å². The minimum atomic E-state index is -0.106. The average molecular weight is 326 g/mol. The lowest BCUT2D eigenvalue weighted by Crippen LogP contribution is -2.52. The van der Waals surface area contributed by atoms with Crippen molar-refractivity contribution in [1.82, 2.24) is 25.3 Å². The van der Waals surface area contributed by atoms with Crippen molar-refractivity contribution in [3.63, 3.8) is 0 Å². The lowest BCUT2D eigenvalue weighted by molar-refractivity contribution is 0.0938. The fourth-order valence-electron chi connectivity index (χ4n) is 2.99. The standard InChI is InChI=1S/C17H22N6O/c1-11-7-15(21-22(11)2)17(24)18-8-12-9-23(10-12)16-6-5-14(19-20-16)13-3-4-13/h5-7,12-13H,3-4,8-10H2,1-2H3,(H,18,24). The third-order valence-electron chi connectivity index (χ3n) is 4.85. The van der Waals surface area contributed by atoms with Crippen LogP contribution in [0.4, 0.5) is 5.82 Å². The summed E-state index contributed by atoms with van der Waals surface area (Å²) in [5.41, 5.74) is 2.57. The maximum Gasteiger partial charge on any atom is 0.271 e. The van der Waals surface area contributed by atoms with Crippen LogP contribution in [-0.2, 0) is 7.05 Å². The van der Waals surface area contributed by atoms with Crippen LogP contribution < -0.4 is 10.2 Å². The molecule has 7 heteroatoms. The normalized spacial score (nSPS) is 17.7. The third kappa shape index (κ3) is 2.98. The maximum atomic E-state index is 12.1. The van der Waals surface area contributed by atoms with E-state index >= 15 is 0 Å². The van der Waals surface area contributed by atoms with Crippen molar-refractivity contribution < 1.29 is 4.79 Å². The molecule has 0 aromatic carbocycles. The fourth-order valence-corrected chi connectivity index (χ4v) is 2.99. The van der Waals surface area contributed by atoms with Gasteiger partial charge in [0.1, 0.15) is 5.69 Å². The smallest absolute Gasteiger partial charge is 0.271 e. The summed E-state index contributed by atoms with van der Waals surface area (Å²) in [6, 6.07) is 5.96. The molecule has 2 aromatic rings. The van der Waals surface area contributed by atoms with Crippen molar-refractivity contribution >= 4 is 11.7 Å². The Hall–Kier alpha value is -2.44. The molecule has 2 fully saturated rings. The van der Waals surface area contributed by atoms with E-state index in [-0.39, 0.29) is 5.91 Å². The first kappa shape index (κ1) is 15.1. The van der Waals surface area contributed by atoms with Gasteiger partial charge >= 0.3 is 0 Å². The Labute approximate surface area is 141 Å². The minimum absolute atomic E-state index is 0.106. The Morgan fingerprint density at radius 3 is 2.67 bits per heavy atom. The number of aromatic nitrogens is 4. The van der Waals surface area contributed by atoms with Gasteiger partial charge in [0.05, 0.1) is 5.69 Å². The molecule has 0 radical (unpaired) electrons. The van der Waals surface area contributed by atoms with E-state index in [4.69, 9.17) is 0 Å². The van der Waals surface area contributed by atoms with Crippen molar-refractivity contribution in [2.24, 2.45) is 13.0 Å². The summed E-state index contributed by atoms with van der Waals surface area (Å²) in [4.78, 5) is 14.3. The number of hydrogen-bond donors (Lipinski definition) is 1. The fraction of sp³-hybridized carbons (Fsp3) is 0.529. The summed E-state index contributed by atoms with van der Waals surface area (Å²) >= 11 is 0. The van der Waals surface area contributed by atoms with Gasteiger partial charge < -0.3 is 10.2 Å². The van der Waals surface area contributed by atoms with Crippen LogP contribution in [0.25, 0.3) is 0 Å². The molecule has 0 atom stereocenters. The third-order valence-corrected chi connectivity index (χ3v) is 4.85. The van der Waals surface area contributed by atoms with Crippen LogP contribution in [0.3, 0.4) is 0 Å². The SMILES string of the molecule is Cc1cc(C(=O)NCC2CN(c3ccc(C4CC4)nn3)C2)nn1C. The average Bonchev–Trinajstić information content (AvgIpc) is 3.32. The van der Waals surface area contributed by atoms with Gasteiger partial charge in [-0.2, -0.15) is 10.2 Å². The molecule has 0 bridgehead atoms. The van der Waals surface area contributed by atoms with Gasteiger partial charge in [-0.05, 0) is 38.0 Å². The van der Waals surface area contributed by atoms with E-state index < -0.39 is 0 Å². The quantitative estimate of drug-likeness (QED) is 0.895. The van der Waals surface area contributed by atoms with Gasteiger partial charge in [0, 0.05) is 44.2 Å². The number of hydrogen-bond acceptors (Lipinski definition) is 5. The molecular formula is C17H22N6O. The highest BCUT2D eigenvalue weighted by molar-refractivity contribution is 5.92. The summed E-state index contributed by atoms with van der Waals surface area (Å²) in [5, 5.41) is 15.8. The van der Waals surface area contributed by atoms with E-state index in [9.17, 15) is 4.79 Å². The zero-order valence-electron chi connectivity index (χ0n) is 14.1. The highest BCUT2D eigenvalue weighted by Gasteiger charge is 2.30. The molecule has 1 saturated carbocycles. The summed E-state index contributed by atoms with van der Waals surface area (Å²) in [6.07, 6.45) is 2.49. The van der Waals surface area contributed by atoms with E-state index in [1.165, 1.54) is 12.8 Å². The highest BCUT2D eigenvalue weighted by atomic mass is 16.1. The van der Waals surface area contributed by atoms with Crippen LogP contribution in [-0.4, -0.2) is 45.5 Å².